The number of nitrogens with zero attached hydrogens (tertiary/aromatic N) is 3. The zero-order valence-corrected chi connectivity index (χ0v) is 16.6. The zero-order chi connectivity index (χ0) is 19.8. The molecule has 0 aliphatic rings. The summed E-state index contributed by atoms with van der Waals surface area (Å²) >= 11 is 1.32. The van der Waals surface area contributed by atoms with Gasteiger partial charge < -0.3 is 9.88 Å². The predicted octanol–water partition coefficient (Wildman–Crippen LogP) is 3.95. The van der Waals surface area contributed by atoms with Crippen LogP contribution in [0, 0.1) is 5.82 Å². The summed E-state index contributed by atoms with van der Waals surface area (Å²) < 4.78 is 16.2. The normalized spacial score (nSPS) is 10.8. The molecule has 3 aromatic rings. The molecule has 0 atom stereocenters. The number of amides is 1. The van der Waals surface area contributed by atoms with Crippen LogP contribution in [0.25, 0.3) is 11.4 Å². The maximum Gasteiger partial charge on any atom is 0.230 e. The van der Waals surface area contributed by atoms with Crippen molar-refractivity contribution in [3.8, 4) is 11.4 Å². The summed E-state index contributed by atoms with van der Waals surface area (Å²) in [5, 5.41) is 11.9. The minimum absolute atomic E-state index is 0.0445. The maximum absolute atomic E-state index is 14.3. The molecule has 0 bridgehead atoms. The number of aromatic nitrogens is 3. The monoisotopic (exact) mass is 398 g/mol. The fourth-order valence-electron chi connectivity index (χ4n) is 2.77. The van der Waals surface area contributed by atoms with E-state index in [1.54, 1.807) is 18.2 Å². The first-order chi connectivity index (χ1) is 13.7. The average molecular weight is 399 g/mol. The van der Waals surface area contributed by atoms with Gasteiger partial charge in [-0.1, -0.05) is 61.2 Å². The number of benzene rings is 2. The second kappa shape index (κ2) is 10.0. The Hall–Kier alpha value is -2.67. The van der Waals surface area contributed by atoms with Gasteiger partial charge in [0, 0.05) is 13.1 Å². The van der Waals surface area contributed by atoms with Crippen molar-refractivity contribution in [1.82, 2.24) is 20.1 Å². The molecule has 0 spiro atoms. The Morgan fingerprint density at radius 2 is 1.86 bits per heavy atom. The molecule has 0 fully saturated rings. The summed E-state index contributed by atoms with van der Waals surface area (Å²) in [4.78, 5) is 11.9. The number of hydrogen-bond donors (Lipinski definition) is 1. The molecule has 1 amide bonds. The van der Waals surface area contributed by atoms with E-state index in [1.807, 2.05) is 29.7 Å². The lowest BCUT2D eigenvalue weighted by Gasteiger charge is -2.11. The molecule has 2 aromatic carbocycles. The molecule has 0 aliphatic heterocycles. The van der Waals surface area contributed by atoms with E-state index in [4.69, 9.17) is 0 Å². The van der Waals surface area contributed by atoms with E-state index in [0.717, 1.165) is 12.8 Å². The van der Waals surface area contributed by atoms with Crippen molar-refractivity contribution in [3.63, 3.8) is 0 Å². The molecule has 3 rings (SSSR count). The first kappa shape index (κ1) is 20.1. The van der Waals surface area contributed by atoms with E-state index in [1.165, 1.54) is 23.4 Å². The summed E-state index contributed by atoms with van der Waals surface area (Å²) in [7, 11) is 0. The highest BCUT2D eigenvalue weighted by Crippen LogP contribution is 2.26. The second-order valence-electron chi connectivity index (χ2n) is 6.31. The SMILES string of the molecule is CCCNC(=O)CSc1nnc(-c2ccccc2F)n1CCc1ccccc1. The maximum atomic E-state index is 14.3. The van der Waals surface area contributed by atoms with Gasteiger partial charge in [0.25, 0.3) is 0 Å². The van der Waals surface area contributed by atoms with E-state index in [0.29, 0.717) is 29.6 Å². The lowest BCUT2D eigenvalue weighted by molar-refractivity contribution is -0.118. The third-order valence-electron chi connectivity index (χ3n) is 4.20. The molecular formula is C21H23FN4OS. The van der Waals surface area contributed by atoms with Gasteiger partial charge in [0.2, 0.25) is 5.91 Å². The van der Waals surface area contributed by atoms with Crippen LogP contribution in [0.15, 0.2) is 59.8 Å². The number of carbonyl (C=O) groups excluding carboxylic acids is 1. The Kier molecular flexibility index (Phi) is 7.19. The van der Waals surface area contributed by atoms with Crippen molar-refractivity contribution in [3.05, 3.63) is 66.0 Å². The Balaban J connectivity index is 1.82. The molecule has 0 aliphatic carbocycles. The van der Waals surface area contributed by atoms with Crippen molar-refractivity contribution in [2.75, 3.05) is 12.3 Å². The molecule has 28 heavy (non-hydrogen) atoms. The minimum Gasteiger partial charge on any atom is -0.355 e. The topological polar surface area (TPSA) is 59.8 Å². The van der Waals surface area contributed by atoms with Crippen molar-refractivity contribution >= 4 is 17.7 Å². The lowest BCUT2D eigenvalue weighted by atomic mass is 10.1. The van der Waals surface area contributed by atoms with E-state index in [-0.39, 0.29) is 17.5 Å². The lowest BCUT2D eigenvalue weighted by Crippen LogP contribution is -2.25. The molecular weight excluding hydrogens is 375 g/mol. The number of rotatable bonds is 9. The van der Waals surface area contributed by atoms with Crippen molar-refractivity contribution < 1.29 is 9.18 Å². The molecule has 0 radical (unpaired) electrons. The molecule has 1 N–H and O–H groups in total. The second-order valence-corrected chi connectivity index (χ2v) is 7.25. The summed E-state index contributed by atoms with van der Waals surface area (Å²) in [5.74, 6) is 0.344. The van der Waals surface area contributed by atoms with Gasteiger partial charge in [-0.25, -0.2) is 4.39 Å². The third-order valence-corrected chi connectivity index (χ3v) is 5.17. The Labute approximate surface area is 168 Å². The van der Waals surface area contributed by atoms with E-state index < -0.39 is 0 Å². The highest BCUT2D eigenvalue weighted by molar-refractivity contribution is 7.99. The van der Waals surface area contributed by atoms with Gasteiger partial charge in [0.05, 0.1) is 11.3 Å². The fraction of sp³-hybridized carbons (Fsp3) is 0.286. The fourth-order valence-corrected chi connectivity index (χ4v) is 3.56. The van der Waals surface area contributed by atoms with Crippen LogP contribution >= 0.6 is 11.8 Å². The molecule has 7 heteroatoms. The van der Waals surface area contributed by atoms with Crippen LogP contribution in [-0.4, -0.2) is 33.0 Å². The highest BCUT2D eigenvalue weighted by atomic mass is 32.2. The molecule has 5 nitrogen and oxygen atoms in total. The van der Waals surface area contributed by atoms with Gasteiger partial charge in [0.15, 0.2) is 11.0 Å². The third kappa shape index (κ3) is 5.19. The van der Waals surface area contributed by atoms with Crippen LogP contribution in [0.3, 0.4) is 0 Å². The van der Waals surface area contributed by atoms with Crippen LogP contribution in [0.5, 0.6) is 0 Å². The van der Waals surface area contributed by atoms with Crippen LogP contribution in [0.2, 0.25) is 0 Å². The number of carbonyl (C=O) groups is 1. The Morgan fingerprint density at radius 1 is 1.11 bits per heavy atom. The van der Waals surface area contributed by atoms with Crippen molar-refractivity contribution in [2.45, 2.75) is 31.5 Å². The number of aryl methyl sites for hydroxylation is 1. The van der Waals surface area contributed by atoms with Gasteiger partial charge in [-0.15, -0.1) is 10.2 Å². The van der Waals surface area contributed by atoms with Gasteiger partial charge in [0.1, 0.15) is 5.82 Å². The van der Waals surface area contributed by atoms with Gasteiger partial charge in [-0.2, -0.15) is 0 Å². The van der Waals surface area contributed by atoms with Gasteiger partial charge in [-0.3, -0.25) is 4.79 Å². The zero-order valence-electron chi connectivity index (χ0n) is 15.8. The quantitative estimate of drug-likeness (QED) is 0.555. The summed E-state index contributed by atoms with van der Waals surface area (Å²) in [6, 6.07) is 16.6. The van der Waals surface area contributed by atoms with E-state index in [9.17, 15) is 9.18 Å². The summed E-state index contributed by atoms with van der Waals surface area (Å²) in [6.07, 6.45) is 1.65. The Morgan fingerprint density at radius 3 is 2.61 bits per heavy atom. The van der Waals surface area contributed by atoms with Gasteiger partial charge in [-0.05, 0) is 30.5 Å². The molecule has 1 heterocycles. The highest BCUT2D eigenvalue weighted by Gasteiger charge is 2.18. The molecule has 146 valence electrons. The van der Waals surface area contributed by atoms with Crippen LogP contribution < -0.4 is 5.32 Å². The first-order valence-corrected chi connectivity index (χ1v) is 10.3. The van der Waals surface area contributed by atoms with Crippen LogP contribution in [-0.2, 0) is 17.8 Å². The number of nitrogens with one attached hydrogen (secondary N) is 1. The van der Waals surface area contributed by atoms with Crippen molar-refractivity contribution in [1.29, 1.82) is 0 Å². The summed E-state index contributed by atoms with van der Waals surface area (Å²) in [6.45, 7) is 3.26. The predicted molar refractivity (Wildman–Crippen MR) is 110 cm³/mol. The van der Waals surface area contributed by atoms with E-state index >= 15 is 0 Å². The molecule has 1 aromatic heterocycles. The van der Waals surface area contributed by atoms with Crippen molar-refractivity contribution in [2.24, 2.45) is 0 Å². The number of hydrogen-bond acceptors (Lipinski definition) is 4. The smallest absolute Gasteiger partial charge is 0.230 e. The number of thioether (sulfide) groups is 1. The summed E-state index contributed by atoms with van der Waals surface area (Å²) in [5.41, 5.74) is 1.58. The first-order valence-electron chi connectivity index (χ1n) is 9.30. The number of halogens is 1. The Bertz CT molecular complexity index is 914. The average Bonchev–Trinajstić information content (AvgIpc) is 3.12. The molecule has 0 unspecified atom stereocenters. The van der Waals surface area contributed by atoms with Crippen LogP contribution in [0.4, 0.5) is 4.39 Å². The van der Waals surface area contributed by atoms with Gasteiger partial charge >= 0.3 is 0 Å². The standard InChI is InChI=1S/C21H23FN4OS/c1-2-13-23-19(27)15-28-21-25-24-20(17-10-6-7-11-18(17)22)26(21)14-12-16-8-4-3-5-9-16/h3-11H,2,12-15H2,1H3,(H,23,27). The minimum atomic E-state index is -0.340. The largest absolute Gasteiger partial charge is 0.355 e. The molecule has 0 saturated carbocycles. The van der Waals surface area contributed by atoms with E-state index in [2.05, 4.69) is 27.6 Å². The molecule has 0 saturated heterocycles. The van der Waals surface area contributed by atoms with Crippen LogP contribution in [0.1, 0.15) is 18.9 Å².